The summed E-state index contributed by atoms with van der Waals surface area (Å²) in [7, 11) is 1.50. The molecule has 2 aromatic rings. The number of carbonyl (C=O) groups excluding carboxylic acids is 2. The second kappa shape index (κ2) is 8.26. The molecule has 0 spiro atoms. The molecule has 9 heteroatoms. The predicted molar refractivity (Wildman–Crippen MR) is 107 cm³/mol. The molecule has 9 nitrogen and oxygen atoms in total. The molecule has 0 atom stereocenters. The van der Waals surface area contributed by atoms with Crippen molar-refractivity contribution in [2.75, 3.05) is 18.4 Å². The molecule has 1 saturated heterocycles. The van der Waals surface area contributed by atoms with Crippen LogP contribution in [0.3, 0.4) is 0 Å². The number of hydrogen-bond acceptors (Lipinski definition) is 5. The molecule has 3 rings (SSSR count). The molecule has 2 amide bonds. The van der Waals surface area contributed by atoms with Crippen LogP contribution < -0.4 is 10.9 Å². The number of piperidine rings is 1. The number of anilines is 1. The third-order valence-corrected chi connectivity index (χ3v) is 5.07. The third-order valence-electron chi connectivity index (χ3n) is 5.07. The highest BCUT2D eigenvalue weighted by atomic mass is 16.6. The van der Waals surface area contributed by atoms with Gasteiger partial charge >= 0.3 is 0 Å². The molecule has 1 aromatic carbocycles. The largest absolute Gasteiger partial charge is 0.339 e. The van der Waals surface area contributed by atoms with Crippen LogP contribution in [-0.4, -0.2) is 39.3 Å². The molecule has 1 fully saturated rings. The average Bonchev–Trinajstić information content (AvgIpc) is 2.71. The summed E-state index contributed by atoms with van der Waals surface area (Å²) in [6, 6.07) is 5.53. The fourth-order valence-electron chi connectivity index (χ4n) is 3.45. The predicted octanol–water partition coefficient (Wildman–Crippen LogP) is 2.48. The molecule has 0 bridgehead atoms. The van der Waals surface area contributed by atoms with Crippen LogP contribution in [0.4, 0.5) is 11.4 Å². The number of amides is 2. The van der Waals surface area contributed by atoms with Crippen LogP contribution in [0.25, 0.3) is 0 Å². The van der Waals surface area contributed by atoms with Gasteiger partial charge in [-0.2, -0.15) is 0 Å². The van der Waals surface area contributed by atoms with Crippen LogP contribution in [0.15, 0.2) is 35.3 Å². The van der Waals surface area contributed by atoms with E-state index >= 15 is 0 Å². The second-order valence-corrected chi connectivity index (χ2v) is 7.07. The quantitative estimate of drug-likeness (QED) is 0.628. The molecule has 1 aliphatic heterocycles. The number of benzene rings is 1. The Kier molecular flexibility index (Phi) is 5.76. The van der Waals surface area contributed by atoms with Crippen molar-refractivity contribution < 1.29 is 14.5 Å². The minimum Gasteiger partial charge on any atom is -0.339 e. The van der Waals surface area contributed by atoms with E-state index in [0.717, 1.165) is 19.3 Å². The molecular weight excluding hydrogens is 376 g/mol. The van der Waals surface area contributed by atoms with Gasteiger partial charge in [0, 0.05) is 43.5 Å². The zero-order chi connectivity index (χ0) is 21.1. The first-order valence-corrected chi connectivity index (χ1v) is 9.35. The van der Waals surface area contributed by atoms with Gasteiger partial charge in [0.1, 0.15) is 5.69 Å². The van der Waals surface area contributed by atoms with E-state index in [1.165, 1.54) is 49.0 Å². The van der Waals surface area contributed by atoms with Crippen molar-refractivity contribution in [3.63, 3.8) is 0 Å². The van der Waals surface area contributed by atoms with Crippen molar-refractivity contribution in [2.24, 2.45) is 7.05 Å². The van der Waals surface area contributed by atoms with Gasteiger partial charge in [0.25, 0.3) is 23.1 Å². The summed E-state index contributed by atoms with van der Waals surface area (Å²) in [5.41, 5.74) is -0.107. The Hall–Kier alpha value is -3.49. The van der Waals surface area contributed by atoms with Crippen molar-refractivity contribution in [2.45, 2.75) is 26.2 Å². The minimum atomic E-state index is -0.647. The third kappa shape index (κ3) is 4.18. The van der Waals surface area contributed by atoms with E-state index in [2.05, 4.69) is 5.32 Å². The minimum absolute atomic E-state index is 0.0498. The zero-order valence-electron chi connectivity index (χ0n) is 16.3. The second-order valence-electron chi connectivity index (χ2n) is 7.07. The van der Waals surface area contributed by atoms with Gasteiger partial charge in [0.15, 0.2) is 0 Å². The van der Waals surface area contributed by atoms with Gasteiger partial charge < -0.3 is 14.8 Å². The molecule has 1 aliphatic rings. The Morgan fingerprint density at radius 2 is 1.86 bits per heavy atom. The van der Waals surface area contributed by atoms with Gasteiger partial charge in [-0.1, -0.05) is 6.07 Å². The zero-order valence-corrected chi connectivity index (χ0v) is 16.3. The first-order chi connectivity index (χ1) is 13.8. The van der Waals surface area contributed by atoms with E-state index in [4.69, 9.17) is 0 Å². The van der Waals surface area contributed by atoms with E-state index in [1.54, 1.807) is 4.90 Å². The molecule has 0 unspecified atom stereocenters. The lowest BCUT2D eigenvalue weighted by molar-refractivity contribution is -0.385. The SMILES string of the molecule is Cc1c(C(=O)Nc2cc(C(=O)N3CCCCC3)cn(C)c2=O)cccc1[N+](=O)[O-]. The summed E-state index contributed by atoms with van der Waals surface area (Å²) in [5, 5.41) is 13.6. The highest BCUT2D eigenvalue weighted by Gasteiger charge is 2.22. The van der Waals surface area contributed by atoms with Crippen molar-refractivity contribution in [1.82, 2.24) is 9.47 Å². The summed E-state index contributed by atoms with van der Waals surface area (Å²) in [6.45, 7) is 2.80. The number of likely N-dealkylation sites (tertiary alicyclic amines) is 1. The number of nitrogens with zero attached hydrogens (tertiary/aromatic N) is 3. The van der Waals surface area contributed by atoms with Crippen molar-refractivity contribution in [3.05, 3.63) is 67.6 Å². The summed E-state index contributed by atoms with van der Waals surface area (Å²) in [4.78, 5) is 50.2. The molecule has 0 saturated carbocycles. The summed E-state index contributed by atoms with van der Waals surface area (Å²) in [6.07, 6.45) is 4.41. The van der Waals surface area contributed by atoms with E-state index in [9.17, 15) is 24.5 Å². The Morgan fingerprint density at radius 1 is 1.17 bits per heavy atom. The lowest BCUT2D eigenvalue weighted by Crippen LogP contribution is -2.36. The van der Waals surface area contributed by atoms with E-state index in [1.807, 2.05) is 0 Å². The highest BCUT2D eigenvalue weighted by molar-refractivity contribution is 6.06. The molecule has 152 valence electrons. The Labute approximate surface area is 167 Å². The Bertz CT molecular complexity index is 1040. The van der Waals surface area contributed by atoms with E-state index < -0.39 is 16.4 Å². The van der Waals surface area contributed by atoms with Gasteiger partial charge in [-0.3, -0.25) is 24.5 Å². The lowest BCUT2D eigenvalue weighted by atomic mass is 10.1. The molecule has 0 radical (unpaired) electrons. The smallest absolute Gasteiger partial charge is 0.274 e. The van der Waals surface area contributed by atoms with Crippen LogP contribution >= 0.6 is 0 Å². The maximum Gasteiger partial charge on any atom is 0.274 e. The van der Waals surface area contributed by atoms with Crippen molar-refractivity contribution >= 4 is 23.2 Å². The molecule has 1 aromatic heterocycles. The van der Waals surface area contributed by atoms with Crippen molar-refractivity contribution in [1.29, 1.82) is 0 Å². The summed E-state index contributed by atoms with van der Waals surface area (Å²) in [5.74, 6) is -0.840. The van der Waals surface area contributed by atoms with Crippen LogP contribution in [0.2, 0.25) is 0 Å². The summed E-state index contributed by atoms with van der Waals surface area (Å²) < 4.78 is 1.24. The standard InChI is InChI=1S/C20H22N4O5/c1-13-15(7-6-8-17(13)24(28)29)18(25)21-16-11-14(12-22(2)20(16)27)19(26)23-9-4-3-5-10-23/h6-8,11-12H,3-5,9-10H2,1-2H3,(H,21,25). The van der Waals surface area contributed by atoms with Crippen LogP contribution in [0.5, 0.6) is 0 Å². The highest BCUT2D eigenvalue weighted by Crippen LogP contribution is 2.22. The average molecular weight is 398 g/mol. The number of aryl methyl sites for hydroxylation is 1. The van der Waals surface area contributed by atoms with Crippen LogP contribution in [0, 0.1) is 17.0 Å². The number of pyridine rings is 1. The number of nitro benzene ring substituents is 1. The number of carbonyl (C=O) groups is 2. The van der Waals surface area contributed by atoms with Gasteiger partial charge in [0.2, 0.25) is 0 Å². The number of rotatable bonds is 4. The fourth-order valence-corrected chi connectivity index (χ4v) is 3.45. The van der Waals surface area contributed by atoms with Crippen LogP contribution in [0.1, 0.15) is 45.5 Å². The van der Waals surface area contributed by atoms with Gasteiger partial charge in [0.05, 0.1) is 10.5 Å². The molecular formula is C20H22N4O5. The molecule has 0 aliphatic carbocycles. The Morgan fingerprint density at radius 3 is 2.52 bits per heavy atom. The number of nitro groups is 1. The lowest BCUT2D eigenvalue weighted by Gasteiger charge is -2.27. The van der Waals surface area contributed by atoms with Gasteiger partial charge in [-0.15, -0.1) is 0 Å². The number of aromatic nitrogens is 1. The topological polar surface area (TPSA) is 115 Å². The fraction of sp³-hybridized carbons (Fsp3) is 0.350. The number of hydrogen-bond donors (Lipinski definition) is 1. The maximum absolute atomic E-state index is 12.8. The van der Waals surface area contributed by atoms with Crippen LogP contribution in [-0.2, 0) is 7.05 Å². The van der Waals surface area contributed by atoms with Gasteiger partial charge in [-0.05, 0) is 38.3 Å². The molecule has 2 heterocycles. The van der Waals surface area contributed by atoms with E-state index in [-0.39, 0.29) is 28.4 Å². The van der Waals surface area contributed by atoms with E-state index in [0.29, 0.717) is 18.7 Å². The summed E-state index contributed by atoms with van der Waals surface area (Å²) >= 11 is 0. The van der Waals surface area contributed by atoms with Crippen molar-refractivity contribution in [3.8, 4) is 0 Å². The first-order valence-electron chi connectivity index (χ1n) is 9.35. The molecule has 1 N–H and O–H groups in total. The maximum atomic E-state index is 12.8. The molecule has 29 heavy (non-hydrogen) atoms. The Balaban J connectivity index is 1.91. The normalized spacial score (nSPS) is 13.8. The van der Waals surface area contributed by atoms with Gasteiger partial charge in [-0.25, -0.2) is 0 Å². The first kappa shape index (κ1) is 20.2. The monoisotopic (exact) mass is 398 g/mol. The number of nitrogens with one attached hydrogen (secondary N) is 1.